The van der Waals surface area contributed by atoms with Crippen LogP contribution >= 0.6 is 11.6 Å². The van der Waals surface area contributed by atoms with Crippen molar-refractivity contribution >= 4 is 40.3 Å². The summed E-state index contributed by atoms with van der Waals surface area (Å²) < 4.78 is 1.27. The Hall–Kier alpha value is -5.01. The number of fused-ring (bicyclic) bond motifs is 1. The van der Waals surface area contributed by atoms with Crippen LogP contribution in [-0.2, 0) is 11.9 Å². The average Bonchev–Trinajstić information content (AvgIpc) is 2.97. The normalized spacial score (nSPS) is 10.7. The van der Waals surface area contributed by atoms with Crippen LogP contribution in [0.2, 0.25) is 5.02 Å². The van der Waals surface area contributed by atoms with E-state index in [1.54, 1.807) is 54.6 Å². The lowest BCUT2D eigenvalue weighted by atomic mass is 10.00. The zero-order chi connectivity index (χ0) is 27.5. The topological polar surface area (TPSA) is 85.7 Å². The largest absolute Gasteiger partial charge is 0.364 e. The number of aromatic nitrogens is 1. The molecule has 0 aliphatic carbocycles. The van der Waals surface area contributed by atoms with Gasteiger partial charge in [-0.2, -0.15) is 0 Å². The van der Waals surface area contributed by atoms with Crippen molar-refractivity contribution in [3.05, 3.63) is 141 Å². The number of carbonyl (C=O) groups excluding carboxylic acids is 3. The van der Waals surface area contributed by atoms with Crippen LogP contribution in [0.1, 0.15) is 31.1 Å². The summed E-state index contributed by atoms with van der Waals surface area (Å²) in [7, 11) is 1.50. The minimum Gasteiger partial charge on any atom is -0.324 e. The molecule has 0 bridgehead atoms. The lowest BCUT2D eigenvalue weighted by Crippen LogP contribution is -2.42. The van der Waals surface area contributed by atoms with Gasteiger partial charge in [-0.15, -0.1) is 0 Å². The number of rotatable bonds is 4. The molecule has 0 fully saturated rings. The molecule has 1 aromatic heterocycles. The summed E-state index contributed by atoms with van der Waals surface area (Å²) in [4.78, 5) is 59.4. The van der Waals surface area contributed by atoms with Crippen molar-refractivity contribution in [1.29, 1.82) is 0 Å². The highest BCUT2D eigenvalue weighted by atomic mass is 35.5. The molecule has 4 aromatic carbocycles. The van der Waals surface area contributed by atoms with Crippen LogP contribution in [0.5, 0.6) is 0 Å². The fraction of sp³-hybridized carbons (Fsp3) is 0.0323. The van der Waals surface area contributed by atoms with Gasteiger partial charge >= 0.3 is 5.97 Å². The highest BCUT2D eigenvalue weighted by Crippen LogP contribution is 2.25. The number of aryl methyl sites for hydroxylation is 1. The molecule has 0 spiro atoms. The van der Waals surface area contributed by atoms with E-state index >= 15 is 0 Å². The van der Waals surface area contributed by atoms with Gasteiger partial charge in [0.1, 0.15) is 5.56 Å². The van der Waals surface area contributed by atoms with Crippen LogP contribution < -0.4 is 5.56 Å². The second-order valence-corrected chi connectivity index (χ2v) is 9.12. The number of hydroxylamine groups is 2. The Kier molecular flexibility index (Phi) is 7.08. The highest BCUT2D eigenvalue weighted by molar-refractivity contribution is 6.31. The van der Waals surface area contributed by atoms with Gasteiger partial charge in [0.15, 0.2) is 0 Å². The summed E-state index contributed by atoms with van der Waals surface area (Å²) >= 11 is 6.13. The van der Waals surface area contributed by atoms with E-state index in [9.17, 15) is 19.2 Å². The molecule has 8 heteroatoms. The van der Waals surface area contributed by atoms with Crippen molar-refractivity contribution in [3.8, 4) is 11.1 Å². The molecule has 5 rings (SSSR count). The van der Waals surface area contributed by atoms with E-state index in [2.05, 4.69) is 0 Å². The summed E-state index contributed by atoms with van der Waals surface area (Å²) in [6.45, 7) is 0. The van der Waals surface area contributed by atoms with E-state index in [1.807, 2.05) is 30.3 Å². The smallest absolute Gasteiger partial charge is 0.324 e. The number of hydrogen-bond donors (Lipinski definition) is 0. The monoisotopic (exact) mass is 536 g/mol. The second-order valence-electron chi connectivity index (χ2n) is 8.69. The van der Waals surface area contributed by atoms with Crippen LogP contribution in [0.25, 0.3) is 22.0 Å². The van der Waals surface area contributed by atoms with E-state index in [1.165, 1.54) is 35.9 Å². The predicted molar refractivity (Wildman–Crippen MR) is 148 cm³/mol. The first-order chi connectivity index (χ1) is 18.8. The number of amides is 2. The third-order valence-corrected chi connectivity index (χ3v) is 6.45. The zero-order valence-corrected chi connectivity index (χ0v) is 21.5. The molecule has 0 N–H and O–H groups in total. The summed E-state index contributed by atoms with van der Waals surface area (Å²) in [5.41, 5.74) is 1.05. The van der Waals surface area contributed by atoms with E-state index < -0.39 is 23.3 Å². The molecule has 0 aliphatic heterocycles. The molecule has 0 radical (unpaired) electrons. The summed E-state index contributed by atoms with van der Waals surface area (Å²) in [6.07, 6.45) is 0. The standard InChI is InChI=1S/C31H21ClN2O5/c1-33-27-17-16-23(32)18-22(27)19-26(29(33)36)30(37)34(28(35)21-12-6-3-7-13-21)39-31(38)25-15-9-8-14-24(25)20-10-4-2-5-11-20/h2-19H,1H3. The third-order valence-electron chi connectivity index (χ3n) is 6.21. The molecule has 0 atom stereocenters. The Morgan fingerprint density at radius 2 is 1.38 bits per heavy atom. The van der Waals surface area contributed by atoms with E-state index in [0.29, 0.717) is 26.6 Å². The zero-order valence-electron chi connectivity index (χ0n) is 20.7. The first kappa shape index (κ1) is 25.6. The van der Waals surface area contributed by atoms with Gasteiger partial charge in [-0.3, -0.25) is 14.4 Å². The van der Waals surface area contributed by atoms with Crippen molar-refractivity contribution < 1.29 is 19.2 Å². The number of imide groups is 1. The lowest BCUT2D eigenvalue weighted by Gasteiger charge is -2.20. The average molecular weight is 537 g/mol. The van der Waals surface area contributed by atoms with Crippen molar-refractivity contribution in [2.24, 2.45) is 7.05 Å². The van der Waals surface area contributed by atoms with Gasteiger partial charge in [-0.1, -0.05) is 83.4 Å². The number of benzene rings is 4. The summed E-state index contributed by atoms with van der Waals surface area (Å²) in [5, 5.41) is 1.24. The van der Waals surface area contributed by atoms with Crippen LogP contribution in [0, 0.1) is 0 Å². The van der Waals surface area contributed by atoms with Gasteiger partial charge in [0.2, 0.25) is 0 Å². The van der Waals surface area contributed by atoms with E-state index in [0.717, 1.165) is 5.56 Å². The van der Waals surface area contributed by atoms with Crippen LogP contribution in [0.3, 0.4) is 0 Å². The molecule has 1 heterocycles. The minimum atomic E-state index is -1.09. The number of nitrogens with zero attached hydrogens (tertiary/aromatic N) is 2. The number of hydrogen-bond acceptors (Lipinski definition) is 5. The van der Waals surface area contributed by atoms with Gasteiger partial charge in [-0.05, 0) is 53.6 Å². The molecular weight excluding hydrogens is 516 g/mol. The molecule has 7 nitrogen and oxygen atoms in total. The maximum atomic E-state index is 13.8. The molecule has 0 saturated heterocycles. The molecule has 192 valence electrons. The lowest BCUT2D eigenvalue weighted by molar-refractivity contribution is -0.0616. The van der Waals surface area contributed by atoms with Gasteiger partial charge in [-0.25, -0.2) is 4.79 Å². The quantitative estimate of drug-likeness (QED) is 0.210. The van der Waals surface area contributed by atoms with Gasteiger partial charge < -0.3 is 9.40 Å². The summed E-state index contributed by atoms with van der Waals surface area (Å²) in [6, 6.07) is 29.9. The van der Waals surface area contributed by atoms with E-state index in [-0.39, 0.29) is 16.7 Å². The first-order valence-corrected chi connectivity index (χ1v) is 12.3. The maximum Gasteiger partial charge on any atom is 0.364 e. The first-order valence-electron chi connectivity index (χ1n) is 11.9. The number of carbonyl (C=O) groups is 3. The Labute approximate surface area is 228 Å². The Bertz CT molecular complexity index is 1780. The fourth-order valence-electron chi connectivity index (χ4n) is 4.25. The SMILES string of the molecule is Cn1c(=O)c(C(=O)N(OC(=O)c2ccccc2-c2ccccc2)C(=O)c2ccccc2)cc2cc(Cl)ccc21. The molecular formula is C31H21ClN2O5. The van der Waals surface area contributed by atoms with Crippen molar-refractivity contribution in [2.75, 3.05) is 0 Å². The number of halogens is 1. The van der Waals surface area contributed by atoms with Gasteiger partial charge in [0, 0.05) is 23.0 Å². The second kappa shape index (κ2) is 10.8. The molecule has 0 saturated carbocycles. The molecule has 39 heavy (non-hydrogen) atoms. The van der Waals surface area contributed by atoms with Gasteiger partial charge in [0.25, 0.3) is 17.4 Å². The Balaban J connectivity index is 1.59. The van der Waals surface area contributed by atoms with E-state index in [4.69, 9.17) is 16.4 Å². The molecule has 5 aromatic rings. The van der Waals surface area contributed by atoms with Crippen molar-refractivity contribution in [1.82, 2.24) is 9.63 Å². The predicted octanol–water partition coefficient (Wildman–Crippen LogP) is 5.91. The van der Waals surface area contributed by atoms with Crippen LogP contribution in [0.15, 0.2) is 114 Å². The van der Waals surface area contributed by atoms with Crippen LogP contribution in [0.4, 0.5) is 0 Å². The maximum absolute atomic E-state index is 13.8. The minimum absolute atomic E-state index is 0.0932. The molecule has 0 unspecified atom stereocenters. The van der Waals surface area contributed by atoms with Crippen LogP contribution in [-0.4, -0.2) is 27.4 Å². The summed E-state index contributed by atoms with van der Waals surface area (Å²) in [5.74, 6) is -2.93. The highest BCUT2D eigenvalue weighted by Gasteiger charge is 2.32. The van der Waals surface area contributed by atoms with Gasteiger partial charge in [0.05, 0.1) is 11.1 Å². The third kappa shape index (κ3) is 5.08. The van der Waals surface area contributed by atoms with Crippen molar-refractivity contribution in [2.45, 2.75) is 0 Å². The fourth-order valence-corrected chi connectivity index (χ4v) is 4.43. The number of pyridine rings is 1. The molecule has 2 amide bonds. The Morgan fingerprint density at radius 1 is 0.744 bits per heavy atom. The molecule has 0 aliphatic rings. The Morgan fingerprint density at radius 3 is 2.10 bits per heavy atom. The van der Waals surface area contributed by atoms with Crippen molar-refractivity contribution in [3.63, 3.8) is 0 Å².